The Hall–Kier alpha value is -1.88. The number of hydrogen-bond acceptors (Lipinski definition) is 3. The highest BCUT2D eigenvalue weighted by molar-refractivity contribution is 5.84. The van der Waals surface area contributed by atoms with Gasteiger partial charge in [-0.2, -0.15) is 0 Å². The Morgan fingerprint density at radius 2 is 1.96 bits per heavy atom. The zero-order valence-corrected chi connectivity index (χ0v) is 15.3. The van der Waals surface area contributed by atoms with E-state index in [1.807, 2.05) is 11.8 Å². The van der Waals surface area contributed by atoms with E-state index in [2.05, 4.69) is 28.8 Å². The molecule has 136 valence electrons. The summed E-state index contributed by atoms with van der Waals surface area (Å²) in [6.07, 6.45) is 6.64. The highest BCUT2D eigenvalue weighted by Gasteiger charge is 2.31. The molecule has 5 nitrogen and oxygen atoms in total. The Morgan fingerprint density at radius 3 is 2.72 bits per heavy atom. The van der Waals surface area contributed by atoms with Crippen LogP contribution in [0.2, 0.25) is 0 Å². The molecular formula is C20H29N3O2. The summed E-state index contributed by atoms with van der Waals surface area (Å²) in [4.78, 5) is 26.3. The summed E-state index contributed by atoms with van der Waals surface area (Å²) in [5, 5.41) is 5.79. The van der Waals surface area contributed by atoms with E-state index in [1.54, 1.807) is 7.05 Å². The molecule has 1 aromatic rings. The molecule has 0 aromatic heterocycles. The minimum atomic E-state index is -0.171. The zero-order valence-electron chi connectivity index (χ0n) is 15.3. The van der Waals surface area contributed by atoms with Crippen LogP contribution in [0.15, 0.2) is 18.2 Å². The van der Waals surface area contributed by atoms with Crippen molar-refractivity contribution in [2.45, 2.75) is 57.5 Å². The first kappa shape index (κ1) is 17.9. The second-order valence-corrected chi connectivity index (χ2v) is 7.27. The molecule has 1 fully saturated rings. The Labute approximate surface area is 150 Å². The average Bonchev–Trinajstić information content (AvgIpc) is 3.08. The second kappa shape index (κ2) is 8.00. The lowest BCUT2D eigenvalue weighted by Gasteiger charge is -2.24. The van der Waals surface area contributed by atoms with Gasteiger partial charge in [-0.1, -0.05) is 18.2 Å². The fraction of sp³-hybridized carbons (Fsp3) is 0.600. The third-order valence-electron chi connectivity index (χ3n) is 5.51. The van der Waals surface area contributed by atoms with Crippen LogP contribution in [0.4, 0.5) is 0 Å². The van der Waals surface area contributed by atoms with Crippen LogP contribution in [0.25, 0.3) is 0 Å². The molecule has 2 unspecified atom stereocenters. The van der Waals surface area contributed by atoms with Gasteiger partial charge in [0.25, 0.3) is 0 Å². The molecule has 2 atom stereocenters. The quantitative estimate of drug-likeness (QED) is 0.859. The number of nitrogens with zero attached hydrogens (tertiary/aromatic N) is 1. The lowest BCUT2D eigenvalue weighted by molar-refractivity contribution is -0.127. The number of hydrogen-bond donors (Lipinski definition) is 2. The monoisotopic (exact) mass is 343 g/mol. The number of amides is 2. The van der Waals surface area contributed by atoms with Crippen LogP contribution < -0.4 is 10.6 Å². The number of rotatable bonds is 5. The van der Waals surface area contributed by atoms with Crippen molar-refractivity contribution in [1.82, 2.24) is 15.5 Å². The molecule has 2 amide bonds. The summed E-state index contributed by atoms with van der Waals surface area (Å²) in [7, 11) is 1.65. The Balaban J connectivity index is 1.58. The van der Waals surface area contributed by atoms with Gasteiger partial charge in [0, 0.05) is 7.05 Å². The van der Waals surface area contributed by atoms with Crippen molar-refractivity contribution < 1.29 is 9.59 Å². The van der Waals surface area contributed by atoms with Crippen LogP contribution in [-0.2, 0) is 22.4 Å². The predicted molar refractivity (Wildman–Crippen MR) is 98.3 cm³/mol. The number of likely N-dealkylation sites (tertiary alicyclic amines) is 1. The molecule has 1 saturated heterocycles. The maximum atomic E-state index is 12.4. The maximum Gasteiger partial charge on any atom is 0.237 e. The van der Waals surface area contributed by atoms with Crippen LogP contribution in [0.3, 0.4) is 0 Å². The van der Waals surface area contributed by atoms with Crippen LogP contribution >= 0.6 is 0 Å². The van der Waals surface area contributed by atoms with Gasteiger partial charge in [0.2, 0.25) is 11.8 Å². The Bertz CT molecular complexity index is 644. The minimum Gasteiger partial charge on any atom is -0.358 e. The van der Waals surface area contributed by atoms with Crippen molar-refractivity contribution in [2.24, 2.45) is 0 Å². The number of likely N-dealkylation sites (N-methyl/N-ethyl adjacent to an activating group) is 1. The van der Waals surface area contributed by atoms with E-state index in [1.165, 1.54) is 36.0 Å². The third-order valence-corrected chi connectivity index (χ3v) is 5.51. The van der Waals surface area contributed by atoms with Crippen molar-refractivity contribution in [3.05, 3.63) is 34.9 Å². The number of nitrogens with one attached hydrogen (secondary N) is 2. The second-order valence-electron chi connectivity index (χ2n) is 7.27. The first-order chi connectivity index (χ1) is 12.1. The van der Waals surface area contributed by atoms with Crippen LogP contribution in [0.1, 0.15) is 55.3 Å². The smallest absolute Gasteiger partial charge is 0.237 e. The molecule has 1 aliphatic carbocycles. The number of carbonyl (C=O) groups is 2. The molecule has 5 heteroatoms. The van der Waals surface area contributed by atoms with Gasteiger partial charge < -0.3 is 10.6 Å². The SMILES string of the molecule is CNC(=O)C1CCCN1CC(=O)NC(C)c1ccc2c(c1)CCCC2. The van der Waals surface area contributed by atoms with E-state index >= 15 is 0 Å². The molecule has 3 rings (SSSR count). The van der Waals surface area contributed by atoms with Gasteiger partial charge in [0.1, 0.15) is 0 Å². The van der Waals surface area contributed by atoms with Crippen molar-refractivity contribution in [3.63, 3.8) is 0 Å². The lowest BCUT2D eigenvalue weighted by Crippen LogP contribution is -2.46. The number of fused-ring (bicyclic) bond motifs is 1. The van der Waals surface area contributed by atoms with Crippen molar-refractivity contribution >= 4 is 11.8 Å². The highest BCUT2D eigenvalue weighted by Crippen LogP contribution is 2.25. The van der Waals surface area contributed by atoms with Gasteiger partial charge in [0.15, 0.2) is 0 Å². The summed E-state index contributed by atoms with van der Waals surface area (Å²) in [5.41, 5.74) is 4.06. The van der Waals surface area contributed by atoms with Gasteiger partial charge in [-0.05, 0) is 68.7 Å². The number of aryl methyl sites for hydroxylation is 2. The Morgan fingerprint density at radius 1 is 1.20 bits per heavy atom. The summed E-state index contributed by atoms with van der Waals surface area (Å²) in [6, 6.07) is 6.42. The molecular weight excluding hydrogens is 314 g/mol. The van der Waals surface area contributed by atoms with Gasteiger partial charge in [-0.25, -0.2) is 0 Å². The summed E-state index contributed by atoms with van der Waals surface area (Å²) < 4.78 is 0. The largest absolute Gasteiger partial charge is 0.358 e. The zero-order chi connectivity index (χ0) is 17.8. The van der Waals surface area contributed by atoms with Crippen LogP contribution in [0.5, 0.6) is 0 Å². The molecule has 0 radical (unpaired) electrons. The van der Waals surface area contributed by atoms with Gasteiger partial charge in [-0.3, -0.25) is 14.5 Å². The van der Waals surface area contributed by atoms with Crippen molar-refractivity contribution in [3.8, 4) is 0 Å². The fourth-order valence-corrected chi connectivity index (χ4v) is 4.06. The molecule has 1 aromatic carbocycles. The molecule has 2 N–H and O–H groups in total. The minimum absolute atomic E-state index is 0.00744. The van der Waals surface area contributed by atoms with Crippen molar-refractivity contribution in [2.75, 3.05) is 20.1 Å². The highest BCUT2D eigenvalue weighted by atomic mass is 16.2. The normalized spacial score (nSPS) is 21.4. The average molecular weight is 343 g/mol. The molecule has 25 heavy (non-hydrogen) atoms. The molecule has 2 aliphatic rings. The number of carbonyl (C=O) groups excluding carboxylic acids is 2. The standard InChI is InChI=1S/C20H29N3O2/c1-14(16-10-9-15-6-3-4-7-17(15)12-16)22-19(24)13-23-11-5-8-18(23)20(25)21-2/h9-10,12,14,18H,3-8,11,13H2,1-2H3,(H,21,25)(H,22,24). The first-order valence-electron chi connectivity index (χ1n) is 9.45. The van der Waals surface area contributed by atoms with E-state index in [0.717, 1.165) is 25.8 Å². The van der Waals surface area contributed by atoms with E-state index in [9.17, 15) is 9.59 Å². The molecule has 0 saturated carbocycles. The van der Waals surface area contributed by atoms with Gasteiger partial charge in [0.05, 0.1) is 18.6 Å². The summed E-state index contributed by atoms with van der Waals surface area (Å²) in [6.45, 7) is 3.12. The fourth-order valence-electron chi connectivity index (χ4n) is 4.06. The van der Waals surface area contributed by atoms with Crippen molar-refractivity contribution in [1.29, 1.82) is 0 Å². The van der Waals surface area contributed by atoms with E-state index in [-0.39, 0.29) is 30.4 Å². The Kier molecular flexibility index (Phi) is 5.74. The molecule has 0 bridgehead atoms. The van der Waals surface area contributed by atoms with E-state index in [4.69, 9.17) is 0 Å². The van der Waals surface area contributed by atoms with Gasteiger partial charge in [-0.15, -0.1) is 0 Å². The van der Waals surface area contributed by atoms with Gasteiger partial charge >= 0.3 is 0 Å². The summed E-state index contributed by atoms with van der Waals surface area (Å²) >= 11 is 0. The molecule has 1 aliphatic heterocycles. The topological polar surface area (TPSA) is 61.4 Å². The van der Waals surface area contributed by atoms with E-state index < -0.39 is 0 Å². The maximum absolute atomic E-state index is 12.4. The third kappa shape index (κ3) is 4.21. The predicted octanol–water partition coefficient (Wildman–Crippen LogP) is 1.95. The molecule has 1 heterocycles. The summed E-state index contributed by atoms with van der Waals surface area (Å²) in [5.74, 6) is -0.00550. The van der Waals surface area contributed by atoms with Crippen LogP contribution in [0, 0.1) is 0 Å². The molecule has 0 spiro atoms. The van der Waals surface area contributed by atoms with E-state index in [0.29, 0.717) is 0 Å². The number of benzene rings is 1. The lowest BCUT2D eigenvalue weighted by atomic mass is 9.89. The van der Waals surface area contributed by atoms with Crippen LogP contribution in [-0.4, -0.2) is 42.9 Å². The first-order valence-corrected chi connectivity index (χ1v) is 9.45.